The van der Waals surface area contributed by atoms with Crippen molar-refractivity contribution in [2.75, 3.05) is 13.1 Å². The van der Waals surface area contributed by atoms with Crippen LogP contribution in [0.25, 0.3) is 0 Å². The van der Waals surface area contributed by atoms with E-state index in [1.54, 1.807) is 0 Å². The third kappa shape index (κ3) is 0.754. The van der Waals surface area contributed by atoms with E-state index < -0.39 is 0 Å². The zero-order chi connectivity index (χ0) is 6.10. The standard InChI is InChI=1S/C7H10N2/c1-2-4-9(3-1)7-5-8-6-7/h1-4,7-8H,5-6H2. The van der Waals surface area contributed by atoms with Gasteiger partial charge >= 0.3 is 0 Å². The summed E-state index contributed by atoms with van der Waals surface area (Å²) in [7, 11) is 0. The number of hydrogen-bond acceptors (Lipinski definition) is 1. The largest absolute Gasteiger partial charge is 0.349 e. The lowest BCUT2D eigenvalue weighted by Gasteiger charge is -2.28. The molecule has 2 rings (SSSR count). The lowest BCUT2D eigenvalue weighted by atomic mass is 10.2. The maximum Gasteiger partial charge on any atom is 0.0579 e. The van der Waals surface area contributed by atoms with E-state index in [1.165, 1.54) is 0 Å². The number of rotatable bonds is 1. The van der Waals surface area contributed by atoms with Crippen molar-refractivity contribution in [3.05, 3.63) is 24.5 Å². The van der Waals surface area contributed by atoms with Crippen molar-refractivity contribution < 1.29 is 0 Å². The molecule has 0 radical (unpaired) electrons. The van der Waals surface area contributed by atoms with E-state index in [0.29, 0.717) is 0 Å². The minimum Gasteiger partial charge on any atom is -0.349 e. The predicted octanol–water partition coefficient (Wildman–Crippen LogP) is 0.632. The van der Waals surface area contributed by atoms with Crippen molar-refractivity contribution in [2.45, 2.75) is 6.04 Å². The SMILES string of the molecule is c1ccn(C2CNC2)c1. The molecule has 0 aliphatic carbocycles. The minimum atomic E-state index is 0.722. The van der Waals surface area contributed by atoms with Crippen LogP contribution in [0.1, 0.15) is 6.04 Å². The van der Waals surface area contributed by atoms with Crippen LogP contribution in [-0.2, 0) is 0 Å². The molecule has 48 valence electrons. The fourth-order valence-electron chi connectivity index (χ4n) is 1.08. The average molecular weight is 122 g/mol. The van der Waals surface area contributed by atoms with Crippen molar-refractivity contribution in [3.63, 3.8) is 0 Å². The Kier molecular flexibility index (Phi) is 1.06. The second-order valence-electron chi connectivity index (χ2n) is 2.44. The molecule has 2 heterocycles. The summed E-state index contributed by atoms with van der Waals surface area (Å²) in [6.07, 6.45) is 4.23. The van der Waals surface area contributed by atoms with E-state index in [9.17, 15) is 0 Å². The van der Waals surface area contributed by atoms with E-state index in [4.69, 9.17) is 0 Å². The van der Waals surface area contributed by atoms with Crippen molar-refractivity contribution in [2.24, 2.45) is 0 Å². The Morgan fingerprint density at radius 2 is 1.89 bits per heavy atom. The monoisotopic (exact) mass is 122 g/mol. The van der Waals surface area contributed by atoms with Gasteiger partial charge in [0.25, 0.3) is 0 Å². The molecule has 0 spiro atoms. The van der Waals surface area contributed by atoms with Crippen molar-refractivity contribution >= 4 is 0 Å². The summed E-state index contributed by atoms with van der Waals surface area (Å²) in [6.45, 7) is 2.27. The molecule has 1 aliphatic rings. The molecule has 1 aromatic rings. The van der Waals surface area contributed by atoms with Gasteiger partial charge in [0.1, 0.15) is 0 Å². The van der Waals surface area contributed by atoms with Gasteiger partial charge in [0.2, 0.25) is 0 Å². The molecule has 2 heteroatoms. The zero-order valence-electron chi connectivity index (χ0n) is 5.25. The first-order valence-corrected chi connectivity index (χ1v) is 3.30. The molecular formula is C7H10N2. The highest BCUT2D eigenvalue weighted by molar-refractivity contribution is 4.96. The Labute approximate surface area is 54.5 Å². The van der Waals surface area contributed by atoms with Crippen molar-refractivity contribution in [3.8, 4) is 0 Å². The molecule has 0 atom stereocenters. The lowest BCUT2D eigenvalue weighted by Crippen LogP contribution is -2.42. The molecule has 9 heavy (non-hydrogen) atoms. The summed E-state index contributed by atoms with van der Waals surface area (Å²) in [5.74, 6) is 0. The van der Waals surface area contributed by atoms with Crippen LogP contribution in [0.5, 0.6) is 0 Å². The molecule has 1 N–H and O–H groups in total. The Bertz CT molecular complexity index is 175. The van der Waals surface area contributed by atoms with Gasteiger partial charge in [0.15, 0.2) is 0 Å². The Balaban J connectivity index is 2.14. The van der Waals surface area contributed by atoms with Crippen LogP contribution in [0.2, 0.25) is 0 Å². The van der Waals surface area contributed by atoms with Gasteiger partial charge in [-0.1, -0.05) is 0 Å². The highest BCUT2D eigenvalue weighted by atomic mass is 15.1. The number of hydrogen-bond donors (Lipinski definition) is 1. The van der Waals surface area contributed by atoms with Gasteiger partial charge in [0.05, 0.1) is 6.04 Å². The highest BCUT2D eigenvalue weighted by Crippen LogP contribution is 2.10. The van der Waals surface area contributed by atoms with Crippen LogP contribution < -0.4 is 5.32 Å². The molecular weight excluding hydrogens is 112 g/mol. The fraction of sp³-hybridized carbons (Fsp3) is 0.429. The van der Waals surface area contributed by atoms with Gasteiger partial charge in [-0.25, -0.2) is 0 Å². The van der Waals surface area contributed by atoms with E-state index in [-0.39, 0.29) is 0 Å². The number of aromatic nitrogens is 1. The average Bonchev–Trinajstić information content (AvgIpc) is 2.11. The van der Waals surface area contributed by atoms with Crippen LogP contribution >= 0.6 is 0 Å². The second kappa shape index (κ2) is 1.88. The summed E-state index contributed by atoms with van der Waals surface area (Å²) < 4.78 is 2.25. The van der Waals surface area contributed by atoms with Crippen molar-refractivity contribution in [1.82, 2.24) is 9.88 Å². The molecule has 1 fully saturated rings. The lowest BCUT2D eigenvalue weighted by molar-refractivity contribution is 0.344. The first kappa shape index (κ1) is 5.06. The minimum absolute atomic E-state index is 0.722. The summed E-state index contributed by atoms with van der Waals surface area (Å²) >= 11 is 0. The van der Waals surface area contributed by atoms with E-state index in [1.807, 2.05) is 0 Å². The first-order valence-electron chi connectivity index (χ1n) is 3.30. The van der Waals surface area contributed by atoms with Gasteiger partial charge in [-0.05, 0) is 12.1 Å². The molecule has 0 aromatic carbocycles. The van der Waals surface area contributed by atoms with Gasteiger partial charge in [-0.3, -0.25) is 0 Å². The molecule has 1 saturated heterocycles. The molecule has 1 aliphatic heterocycles. The van der Waals surface area contributed by atoms with Crippen LogP contribution in [0.15, 0.2) is 24.5 Å². The van der Waals surface area contributed by atoms with Crippen LogP contribution in [-0.4, -0.2) is 17.7 Å². The zero-order valence-corrected chi connectivity index (χ0v) is 5.25. The van der Waals surface area contributed by atoms with E-state index >= 15 is 0 Å². The normalized spacial score (nSPS) is 19.6. The third-order valence-electron chi connectivity index (χ3n) is 1.81. The summed E-state index contributed by atoms with van der Waals surface area (Å²) in [5.41, 5.74) is 0. The van der Waals surface area contributed by atoms with Gasteiger partial charge in [0, 0.05) is 25.5 Å². The van der Waals surface area contributed by atoms with E-state index in [2.05, 4.69) is 34.4 Å². The molecule has 0 saturated carbocycles. The van der Waals surface area contributed by atoms with Crippen LogP contribution in [0.3, 0.4) is 0 Å². The maximum atomic E-state index is 3.23. The fourth-order valence-corrected chi connectivity index (χ4v) is 1.08. The number of nitrogens with zero attached hydrogens (tertiary/aromatic N) is 1. The Hall–Kier alpha value is -0.760. The Morgan fingerprint density at radius 3 is 2.33 bits per heavy atom. The quantitative estimate of drug-likeness (QED) is 0.578. The number of nitrogens with one attached hydrogen (secondary N) is 1. The van der Waals surface area contributed by atoms with Gasteiger partial charge in [-0.15, -0.1) is 0 Å². The van der Waals surface area contributed by atoms with Gasteiger partial charge < -0.3 is 9.88 Å². The molecule has 1 aromatic heterocycles. The molecule has 0 amide bonds. The summed E-state index contributed by atoms with van der Waals surface area (Å²) in [5, 5.41) is 3.23. The highest BCUT2D eigenvalue weighted by Gasteiger charge is 2.16. The third-order valence-corrected chi connectivity index (χ3v) is 1.81. The molecule has 2 nitrogen and oxygen atoms in total. The van der Waals surface area contributed by atoms with E-state index in [0.717, 1.165) is 19.1 Å². The first-order chi connectivity index (χ1) is 4.47. The maximum absolute atomic E-state index is 3.23. The summed E-state index contributed by atoms with van der Waals surface area (Å²) in [6, 6.07) is 4.86. The molecule has 0 bridgehead atoms. The smallest absolute Gasteiger partial charge is 0.0579 e. The van der Waals surface area contributed by atoms with Gasteiger partial charge in [-0.2, -0.15) is 0 Å². The van der Waals surface area contributed by atoms with Crippen molar-refractivity contribution in [1.29, 1.82) is 0 Å². The van der Waals surface area contributed by atoms with Crippen LogP contribution in [0, 0.1) is 0 Å². The second-order valence-corrected chi connectivity index (χ2v) is 2.44. The Morgan fingerprint density at radius 1 is 1.22 bits per heavy atom. The predicted molar refractivity (Wildman–Crippen MR) is 36.3 cm³/mol. The molecule has 0 unspecified atom stereocenters. The summed E-state index contributed by atoms with van der Waals surface area (Å²) in [4.78, 5) is 0. The topological polar surface area (TPSA) is 17.0 Å². The van der Waals surface area contributed by atoms with Crippen LogP contribution in [0.4, 0.5) is 0 Å².